The minimum atomic E-state index is -4.20. The van der Waals surface area contributed by atoms with E-state index in [1.165, 1.54) is 6.33 Å². The molecule has 0 aliphatic carbocycles. The molecule has 1 saturated heterocycles. The first kappa shape index (κ1) is 20.9. The number of alkyl halides is 3. The topological polar surface area (TPSA) is 72.4 Å². The molecule has 1 aliphatic heterocycles. The second-order valence-electron chi connectivity index (χ2n) is 6.80. The third-order valence-electron chi connectivity index (χ3n) is 4.72. The lowest BCUT2D eigenvalue weighted by Gasteiger charge is -2.33. The number of rotatable bonds is 7. The number of ether oxygens (including phenoxy) is 2. The van der Waals surface area contributed by atoms with E-state index >= 15 is 0 Å². The van der Waals surface area contributed by atoms with Gasteiger partial charge in [-0.1, -0.05) is 0 Å². The molecule has 7 nitrogen and oxygen atoms in total. The van der Waals surface area contributed by atoms with E-state index in [1.807, 2.05) is 13.0 Å². The molecule has 0 radical (unpaired) electrons. The van der Waals surface area contributed by atoms with E-state index in [0.29, 0.717) is 17.4 Å². The monoisotopic (exact) mass is 411 g/mol. The molecule has 10 heteroatoms. The fraction of sp³-hybridized carbons (Fsp3) is 0.526. The largest absolute Gasteiger partial charge is 0.489 e. The van der Waals surface area contributed by atoms with Crippen molar-refractivity contribution in [1.29, 1.82) is 0 Å². The number of hydrogen-bond acceptors (Lipinski definition) is 7. The Morgan fingerprint density at radius 2 is 1.93 bits per heavy atom. The average Bonchev–Trinajstić information content (AvgIpc) is 2.70. The van der Waals surface area contributed by atoms with Crippen molar-refractivity contribution >= 4 is 11.6 Å². The first-order valence-electron chi connectivity index (χ1n) is 9.39. The molecule has 0 saturated carbocycles. The summed E-state index contributed by atoms with van der Waals surface area (Å²) in [6, 6.07) is 3.58. The lowest BCUT2D eigenvalue weighted by atomic mass is 10.1. The number of piperidine rings is 1. The van der Waals surface area contributed by atoms with Crippen molar-refractivity contribution in [3.05, 3.63) is 30.2 Å². The van der Waals surface area contributed by atoms with Crippen molar-refractivity contribution in [2.24, 2.45) is 0 Å². The van der Waals surface area contributed by atoms with Gasteiger partial charge in [-0.15, -0.1) is 0 Å². The van der Waals surface area contributed by atoms with Crippen LogP contribution in [0.3, 0.4) is 0 Å². The second kappa shape index (κ2) is 9.15. The lowest BCUT2D eigenvalue weighted by molar-refractivity contribution is -0.131. The second-order valence-corrected chi connectivity index (χ2v) is 6.80. The maximum absolute atomic E-state index is 12.4. The number of aromatic nitrogens is 3. The normalized spacial score (nSPS) is 15.3. The number of nitrogens with one attached hydrogen (secondary N) is 1. The summed E-state index contributed by atoms with van der Waals surface area (Å²) >= 11 is 0. The number of nitrogens with zero attached hydrogens (tertiary/aromatic N) is 4. The third kappa shape index (κ3) is 5.85. The van der Waals surface area contributed by atoms with Crippen LogP contribution in [-0.2, 0) is 0 Å². The van der Waals surface area contributed by atoms with Gasteiger partial charge in [-0.3, -0.25) is 0 Å². The predicted molar refractivity (Wildman–Crippen MR) is 103 cm³/mol. The van der Waals surface area contributed by atoms with E-state index in [2.05, 4.69) is 25.2 Å². The van der Waals surface area contributed by atoms with Crippen molar-refractivity contribution < 1.29 is 22.6 Å². The number of pyridine rings is 1. The predicted octanol–water partition coefficient (Wildman–Crippen LogP) is 3.60. The van der Waals surface area contributed by atoms with Gasteiger partial charge >= 0.3 is 6.18 Å². The summed E-state index contributed by atoms with van der Waals surface area (Å²) in [6.07, 6.45) is -0.429. The SMILES string of the molecule is COc1ccc(OC2CCN(c3ncnc(NCCC(F)(F)F)c3C)CC2)cn1. The van der Waals surface area contributed by atoms with Gasteiger partial charge in [-0.05, 0) is 13.0 Å². The van der Waals surface area contributed by atoms with Crippen molar-refractivity contribution in [2.45, 2.75) is 38.5 Å². The first-order valence-corrected chi connectivity index (χ1v) is 9.39. The quantitative estimate of drug-likeness (QED) is 0.746. The van der Waals surface area contributed by atoms with Gasteiger partial charge < -0.3 is 19.7 Å². The summed E-state index contributed by atoms with van der Waals surface area (Å²) in [6.45, 7) is 3.06. The Morgan fingerprint density at radius 3 is 2.55 bits per heavy atom. The van der Waals surface area contributed by atoms with Gasteiger partial charge in [0.25, 0.3) is 0 Å². The van der Waals surface area contributed by atoms with E-state index in [0.717, 1.165) is 37.3 Å². The molecule has 1 fully saturated rings. The summed E-state index contributed by atoms with van der Waals surface area (Å²) in [4.78, 5) is 14.7. The molecule has 1 N–H and O–H groups in total. The maximum atomic E-state index is 12.4. The highest BCUT2D eigenvalue weighted by atomic mass is 19.4. The molecule has 0 spiro atoms. The zero-order valence-corrected chi connectivity index (χ0v) is 16.4. The molecule has 0 amide bonds. The molecule has 2 aromatic rings. The van der Waals surface area contributed by atoms with Crippen LogP contribution >= 0.6 is 0 Å². The molecule has 0 bridgehead atoms. The van der Waals surface area contributed by atoms with Crippen LogP contribution in [0.15, 0.2) is 24.7 Å². The third-order valence-corrected chi connectivity index (χ3v) is 4.72. The minimum absolute atomic E-state index is 0.0629. The van der Waals surface area contributed by atoms with Gasteiger partial charge in [0.1, 0.15) is 29.8 Å². The highest BCUT2D eigenvalue weighted by molar-refractivity contribution is 5.58. The molecule has 29 heavy (non-hydrogen) atoms. The zero-order chi connectivity index (χ0) is 20.9. The average molecular weight is 411 g/mol. The summed E-state index contributed by atoms with van der Waals surface area (Å²) in [5.41, 5.74) is 0.744. The molecule has 1 aliphatic rings. The standard InChI is InChI=1S/C19H24F3N5O2/c1-13-17(23-8-7-19(20,21)22)25-12-26-18(13)27-9-5-14(6-10-27)29-15-3-4-16(28-2)24-11-15/h3-4,11-12,14H,5-10H2,1-2H3,(H,23,25,26). The first-order chi connectivity index (χ1) is 13.9. The van der Waals surface area contributed by atoms with Gasteiger partial charge in [-0.25, -0.2) is 15.0 Å². The van der Waals surface area contributed by atoms with E-state index in [1.54, 1.807) is 19.4 Å². The molecule has 3 rings (SSSR count). The number of halogens is 3. The van der Waals surface area contributed by atoms with Crippen molar-refractivity contribution in [2.75, 3.05) is 37.0 Å². The Balaban J connectivity index is 1.55. The lowest BCUT2D eigenvalue weighted by Crippen LogP contribution is -2.39. The van der Waals surface area contributed by atoms with Crippen molar-refractivity contribution in [3.63, 3.8) is 0 Å². The molecule has 0 atom stereocenters. The summed E-state index contributed by atoms with van der Waals surface area (Å²) < 4.78 is 48.1. The number of methoxy groups -OCH3 is 1. The van der Waals surface area contributed by atoms with Gasteiger partial charge in [0.15, 0.2) is 0 Å². The Labute approximate surface area is 167 Å². The van der Waals surface area contributed by atoms with Crippen LogP contribution in [0.4, 0.5) is 24.8 Å². The summed E-state index contributed by atoms with van der Waals surface area (Å²) in [7, 11) is 1.56. The van der Waals surface area contributed by atoms with Crippen LogP contribution in [0.5, 0.6) is 11.6 Å². The van der Waals surface area contributed by atoms with E-state index in [9.17, 15) is 13.2 Å². The van der Waals surface area contributed by atoms with Crippen molar-refractivity contribution in [3.8, 4) is 11.6 Å². The minimum Gasteiger partial charge on any atom is -0.489 e. The molecular weight excluding hydrogens is 387 g/mol. The fourth-order valence-electron chi connectivity index (χ4n) is 3.20. The molecule has 2 aromatic heterocycles. The van der Waals surface area contributed by atoms with E-state index in [-0.39, 0.29) is 12.6 Å². The summed E-state index contributed by atoms with van der Waals surface area (Å²) in [5.74, 6) is 2.39. The molecule has 0 unspecified atom stereocenters. The highest BCUT2D eigenvalue weighted by Crippen LogP contribution is 2.27. The van der Waals surface area contributed by atoms with Crippen LogP contribution in [0.2, 0.25) is 0 Å². The maximum Gasteiger partial charge on any atom is 0.390 e. The molecular formula is C19H24F3N5O2. The molecule has 0 aromatic carbocycles. The highest BCUT2D eigenvalue weighted by Gasteiger charge is 2.27. The van der Waals surface area contributed by atoms with Crippen LogP contribution in [0, 0.1) is 6.92 Å². The van der Waals surface area contributed by atoms with Gasteiger partial charge in [0.2, 0.25) is 5.88 Å². The van der Waals surface area contributed by atoms with Crippen LogP contribution in [0.1, 0.15) is 24.8 Å². The zero-order valence-electron chi connectivity index (χ0n) is 16.4. The fourth-order valence-corrected chi connectivity index (χ4v) is 3.20. The van der Waals surface area contributed by atoms with Crippen molar-refractivity contribution in [1.82, 2.24) is 15.0 Å². The Kier molecular flexibility index (Phi) is 6.60. The number of anilines is 2. The van der Waals surface area contributed by atoms with Gasteiger partial charge in [0.05, 0.1) is 19.7 Å². The van der Waals surface area contributed by atoms with E-state index < -0.39 is 12.6 Å². The van der Waals surface area contributed by atoms with Gasteiger partial charge in [0, 0.05) is 44.1 Å². The smallest absolute Gasteiger partial charge is 0.390 e. The Bertz CT molecular complexity index is 793. The Morgan fingerprint density at radius 1 is 1.17 bits per heavy atom. The van der Waals surface area contributed by atoms with Crippen LogP contribution in [-0.4, -0.2) is 54.0 Å². The van der Waals surface area contributed by atoms with Gasteiger partial charge in [-0.2, -0.15) is 13.2 Å². The van der Waals surface area contributed by atoms with Crippen LogP contribution in [0.25, 0.3) is 0 Å². The summed E-state index contributed by atoms with van der Waals surface area (Å²) in [5, 5.41) is 2.76. The van der Waals surface area contributed by atoms with E-state index in [4.69, 9.17) is 9.47 Å². The number of hydrogen-bond donors (Lipinski definition) is 1. The van der Waals surface area contributed by atoms with Crippen LogP contribution < -0.4 is 19.7 Å². The molecule has 158 valence electrons. The Hall–Kier alpha value is -2.78. The molecule has 3 heterocycles.